The van der Waals surface area contributed by atoms with Crippen molar-refractivity contribution in [2.75, 3.05) is 6.16 Å². The average Bonchev–Trinajstić information content (AvgIpc) is 1.63. The zero-order valence-electron chi connectivity index (χ0n) is 6.21. The molecule has 0 N–H and O–H groups in total. The first-order chi connectivity index (χ1) is 4.06. The van der Waals surface area contributed by atoms with Crippen molar-refractivity contribution in [3.63, 3.8) is 0 Å². The van der Waals surface area contributed by atoms with Crippen molar-refractivity contribution in [3.05, 3.63) is 0 Å². The Morgan fingerprint density at radius 1 is 1.10 bits per heavy atom. The van der Waals surface area contributed by atoms with Crippen molar-refractivity contribution in [2.45, 2.75) is 26.2 Å². The van der Waals surface area contributed by atoms with E-state index in [4.69, 9.17) is 0 Å². The van der Waals surface area contributed by atoms with E-state index >= 15 is 0 Å². The van der Waals surface area contributed by atoms with E-state index in [1.807, 2.05) is 6.92 Å². The summed E-state index contributed by atoms with van der Waals surface area (Å²) < 4.78 is 0. The van der Waals surface area contributed by atoms with E-state index in [1.54, 1.807) is 0 Å². The summed E-state index contributed by atoms with van der Waals surface area (Å²) in [6.45, 7) is 1.96. The fourth-order valence-corrected chi connectivity index (χ4v) is 1.17. The maximum absolute atomic E-state index is 9.98. The van der Waals surface area contributed by atoms with Crippen molar-refractivity contribution >= 4 is 7.94 Å². The molecule has 0 fully saturated rings. The van der Waals surface area contributed by atoms with Gasteiger partial charge in [-0.2, -0.15) is 7.94 Å². The van der Waals surface area contributed by atoms with Gasteiger partial charge >= 0.3 is 19.5 Å². The van der Waals surface area contributed by atoms with Gasteiger partial charge in [0.1, 0.15) is 0 Å². The van der Waals surface area contributed by atoms with Crippen molar-refractivity contribution < 1.29 is 34.2 Å². The Morgan fingerprint density at radius 3 is 1.90 bits per heavy atom. The summed E-state index contributed by atoms with van der Waals surface area (Å²) in [4.78, 5) is 29.9. The van der Waals surface area contributed by atoms with Gasteiger partial charge in [-0.15, -0.1) is 0 Å². The van der Waals surface area contributed by atoms with Crippen LogP contribution in [0.5, 0.6) is 0 Å². The molecule has 0 rings (SSSR count). The van der Waals surface area contributed by atoms with Crippen LogP contribution in [-0.4, -0.2) is 6.16 Å². The van der Waals surface area contributed by atoms with E-state index < -0.39 is 7.94 Å². The van der Waals surface area contributed by atoms with E-state index in [-0.39, 0.29) is 25.6 Å². The van der Waals surface area contributed by atoms with Gasteiger partial charge in [0, 0.05) is 6.16 Å². The second-order valence-electron chi connectivity index (χ2n) is 2.04. The van der Waals surface area contributed by atoms with Crippen LogP contribution in [-0.2, 0) is 19.5 Å². The SMILES string of the molecule is CCCCC[P+]([O-])([O-])[O-].[Zn+2]. The minimum Gasteiger partial charge on any atom is -0.688 e. The minimum absolute atomic E-state index is 0. The van der Waals surface area contributed by atoms with E-state index in [0.717, 1.165) is 12.8 Å². The van der Waals surface area contributed by atoms with Crippen LogP contribution in [0.1, 0.15) is 26.2 Å². The molecule has 0 heterocycles. The van der Waals surface area contributed by atoms with Gasteiger partial charge in [-0.05, 0) is 6.42 Å². The first-order valence-electron chi connectivity index (χ1n) is 3.07. The third kappa shape index (κ3) is 11.7. The summed E-state index contributed by atoms with van der Waals surface area (Å²) in [5.74, 6) is 0. The molecule has 0 aromatic carbocycles. The molecule has 0 saturated heterocycles. The standard InChI is InChI=1S/C5H13O3P.Zn/c1-2-3-4-5-9(6,7)8;/h2-5H2,1H3,(H2,6,7,8);/q;+2/p-2. The van der Waals surface area contributed by atoms with Crippen LogP contribution in [0.15, 0.2) is 0 Å². The molecule has 0 radical (unpaired) electrons. The Morgan fingerprint density at radius 2 is 1.60 bits per heavy atom. The first kappa shape index (κ1) is 13.5. The molecule has 0 aliphatic carbocycles. The van der Waals surface area contributed by atoms with Crippen LogP contribution >= 0.6 is 7.94 Å². The van der Waals surface area contributed by atoms with E-state index in [1.165, 1.54) is 0 Å². The van der Waals surface area contributed by atoms with E-state index in [0.29, 0.717) is 6.42 Å². The summed E-state index contributed by atoms with van der Waals surface area (Å²) in [5.41, 5.74) is 0. The van der Waals surface area contributed by atoms with Gasteiger partial charge < -0.3 is 14.7 Å². The molecule has 0 aliphatic heterocycles. The maximum Gasteiger partial charge on any atom is 2.00 e. The predicted octanol–water partition coefficient (Wildman–Crippen LogP) is -0.982. The van der Waals surface area contributed by atoms with Crippen LogP contribution < -0.4 is 14.7 Å². The Bertz CT molecular complexity index is 73.8. The van der Waals surface area contributed by atoms with Gasteiger partial charge in [0.25, 0.3) is 0 Å². The molecule has 5 heteroatoms. The van der Waals surface area contributed by atoms with Crippen LogP contribution in [0.3, 0.4) is 0 Å². The molecular weight excluding hydrogens is 204 g/mol. The second kappa shape index (κ2) is 6.63. The Labute approximate surface area is 74.8 Å². The van der Waals surface area contributed by atoms with E-state index in [9.17, 15) is 14.7 Å². The third-order valence-corrected chi connectivity index (χ3v) is 1.90. The van der Waals surface area contributed by atoms with Crippen LogP contribution in [0.25, 0.3) is 0 Å². The van der Waals surface area contributed by atoms with Gasteiger partial charge in [0.15, 0.2) is 0 Å². The molecule has 3 nitrogen and oxygen atoms in total. The molecule has 10 heavy (non-hydrogen) atoms. The fraction of sp³-hybridized carbons (Fsp3) is 1.00. The minimum atomic E-state index is -4.20. The molecule has 0 aromatic heterocycles. The second-order valence-corrected chi connectivity index (χ2v) is 3.71. The number of unbranched alkanes of at least 4 members (excludes halogenated alkanes) is 2. The molecule has 0 saturated carbocycles. The zero-order chi connectivity index (χ0) is 7.33. The quantitative estimate of drug-likeness (QED) is 0.344. The van der Waals surface area contributed by atoms with Crippen molar-refractivity contribution in [2.24, 2.45) is 0 Å². The molecule has 0 spiro atoms. The summed E-state index contributed by atoms with van der Waals surface area (Å²) in [5, 5.41) is 0. The van der Waals surface area contributed by atoms with Crippen molar-refractivity contribution in [1.82, 2.24) is 0 Å². The topological polar surface area (TPSA) is 69.2 Å². The van der Waals surface area contributed by atoms with Crippen molar-refractivity contribution in [1.29, 1.82) is 0 Å². The molecule has 0 aromatic rings. The molecule has 0 aliphatic rings. The van der Waals surface area contributed by atoms with Gasteiger partial charge in [-0.25, -0.2) is 0 Å². The summed E-state index contributed by atoms with van der Waals surface area (Å²) in [6, 6.07) is 0. The molecular formula is C5H11O3PZn. The average molecular weight is 216 g/mol. The Hall–Kier alpha value is 0.933. The van der Waals surface area contributed by atoms with Gasteiger partial charge in [0.05, 0.1) is 0 Å². The zero-order valence-corrected chi connectivity index (χ0v) is 10.1. The number of hydrogen-bond acceptors (Lipinski definition) is 3. The molecule has 0 bridgehead atoms. The fourth-order valence-electron chi connectivity index (χ4n) is 0.555. The normalized spacial score (nSPS) is 10.8. The van der Waals surface area contributed by atoms with Gasteiger partial charge in [-0.3, -0.25) is 0 Å². The Balaban J connectivity index is 0. The number of rotatable bonds is 4. The monoisotopic (exact) mass is 214 g/mol. The van der Waals surface area contributed by atoms with E-state index in [2.05, 4.69) is 0 Å². The van der Waals surface area contributed by atoms with Crippen LogP contribution in [0, 0.1) is 0 Å². The summed E-state index contributed by atoms with van der Waals surface area (Å²) in [6.07, 6.45) is 2.11. The molecule has 56 valence electrons. The third-order valence-electron chi connectivity index (χ3n) is 1.04. The largest absolute Gasteiger partial charge is 2.00 e. The summed E-state index contributed by atoms with van der Waals surface area (Å²) in [7, 11) is -4.20. The summed E-state index contributed by atoms with van der Waals surface area (Å²) >= 11 is 0. The first-order valence-corrected chi connectivity index (χ1v) is 4.80. The Kier molecular flexibility index (Phi) is 8.96. The molecule has 0 atom stereocenters. The molecule has 0 unspecified atom stereocenters. The smallest absolute Gasteiger partial charge is 0.688 e. The van der Waals surface area contributed by atoms with Gasteiger partial charge in [0.2, 0.25) is 0 Å². The van der Waals surface area contributed by atoms with Crippen LogP contribution in [0.2, 0.25) is 0 Å². The number of hydrogen-bond donors (Lipinski definition) is 0. The van der Waals surface area contributed by atoms with Gasteiger partial charge in [-0.1, -0.05) is 19.8 Å². The molecule has 0 amide bonds. The maximum atomic E-state index is 9.98. The van der Waals surface area contributed by atoms with Crippen molar-refractivity contribution in [3.8, 4) is 0 Å². The van der Waals surface area contributed by atoms with Crippen LogP contribution in [0.4, 0.5) is 0 Å². The predicted molar refractivity (Wildman–Crippen MR) is 31.3 cm³/mol.